The normalized spacial score (nSPS) is 12.7. The molecule has 0 heterocycles. The molecule has 0 bridgehead atoms. The molecule has 2 amide bonds. The lowest BCUT2D eigenvalue weighted by atomic mass is 10.1. The monoisotopic (exact) mass is 513 g/mol. The van der Waals surface area contributed by atoms with Crippen molar-refractivity contribution in [3.05, 3.63) is 65.2 Å². The summed E-state index contributed by atoms with van der Waals surface area (Å²) in [6.45, 7) is 4.94. The molecular weight excluding hydrogens is 483 g/mol. The van der Waals surface area contributed by atoms with Gasteiger partial charge >= 0.3 is 6.18 Å². The van der Waals surface area contributed by atoms with E-state index in [9.17, 15) is 31.2 Å². The largest absolute Gasteiger partial charge is 0.416 e. The second kappa shape index (κ2) is 11.6. The molecule has 0 radical (unpaired) electrons. The molecule has 2 aromatic carbocycles. The van der Waals surface area contributed by atoms with Gasteiger partial charge in [0.25, 0.3) is 0 Å². The van der Waals surface area contributed by atoms with Crippen LogP contribution >= 0.6 is 0 Å². The van der Waals surface area contributed by atoms with E-state index in [0.717, 1.165) is 24.0 Å². The number of hydrogen-bond donors (Lipinski definition) is 1. The minimum Gasteiger partial charge on any atom is -0.354 e. The maximum atomic E-state index is 13.4. The fraction of sp³-hybridized carbons (Fsp3) is 0.417. The summed E-state index contributed by atoms with van der Waals surface area (Å²) in [5.41, 5.74) is 0.367. The Hall–Kier alpha value is -3.08. The van der Waals surface area contributed by atoms with Gasteiger partial charge in [-0.15, -0.1) is 0 Å². The Morgan fingerprint density at radius 1 is 1.09 bits per heavy atom. The van der Waals surface area contributed by atoms with Crippen LogP contribution in [-0.4, -0.2) is 50.5 Å². The van der Waals surface area contributed by atoms with E-state index in [4.69, 9.17) is 0 Å². The molecule has 0 aromatic heterocycles. The smallest absolute Gasteiger partial charge is 0.354 e. The summed E-state index contributed by atoms with van der Waals surface area (Å²) in [4.78, 5) is 27.2. The number of hydrogen-bond acceptors (Lipinski definition) is 4. The molecule has 0 saturated heterocycles. The lowest BCUT2D eigenvalue weighted by Crippen LogP contribution is -2.51. The molecule has 7 nitrogen and oxygen atoms in total. The molecule has 0 aliphatic heterocycles. The second-order valence-corrected chi connectivity index (χ2v) is 10.2. The maximum absolute atomic E-state index is 13.4. The van der Waals surface area contributed by atoms with Crippen LogP contribution in [0.2, 0.25) is 0 Å². The number of halogens is 3. The SMILES string of the molecule is CCCNC(=O)C(C)N(Cc1ccc(C)cc1)C(=O)CN(c1cccc(C(F)(F)F)c1)S(C)(=O)=O. The maximum Gasteiger partial charge on any atom is 0.416 e. The number of carbonyl (C=O) groups is 2. The summed E-state index contributed by atoms with van der Waals surface area (Å²) in [5, 5.41) is 2.71. The van der Waals surface area contributed by atoms with Crippen molar-refractivity contribution in [1.82, 2.24) is 10.2 Å². The van der Waals surface area contributed by atoms with Crippen molar-refractivity contribution < 1.29 is 31.2 Å². The third-order valence-corrected chi connectivity index (χ3v) is 6.47. The van der Waals surface area contributed by atoms with Gasteiger partial charge in [-0.05, 0) is 44.0 Å². The zero-order valence-electron chi connectivity index (χ0n) is 20.1. The zero-order chi connectivity index (χ0) is 26.4. The standard InChI is InChI=1S/C24H30F3N3O4S/c1-5-13-28-23(32)18(3)29(15-19-11-9-17(2)10-12-19)22(31)16-30(35(4,33)34)21-8-6-7-20(14-21)24(25,26)27/h6-12,14,18H,5,13,15-16H2,1-4H3,(H,28,32). The molecule has 192 valence electrons. The van der Waals surface area contributed by atoms with Gasteiger partial charge in [0.15, 0.2) is 0 Å². The van der Waals surface area contributed by atoms with Crippen LogP contribution in [-0.2, 0) is 32.3 Å². The highest BCUT2D eigenvalue weighted by molar-refractivity contribution is 7.92. The van der Waals surface area contributed by atoms with Crippen molar-refractivity contribution in [2.45, 2.75) is 46.0 Å². The molecule has 2 aromatic rings. The van der Waals surface area contributed by atoms with Crippen molar-refractivity contribution >= 4 is 27.5 Å². The molecule has 1 N–H and O–H groups in total. The number of rotatable bonds is 10. The van der Waals surface area contributed by atoms with Crippen LogP contribution in [0.1, 0.15) is 37.0 Å². The van der Waals surface area contributed by atoms with E-state index >= 15 is 0 Å². The summed E-state index contributed by atoms with van der Waals surface area (Å²) in [5.74, 6) is -1.15. The first-order valence-corrected chi connectivity index (χ1v) is 12.9. The molecule has 11 heteroatoms. The van der Waals surface area contributed by atoms with Gasteiger partial charge < -0.3 is 10.2 Å². The summed E-state index contributed by atoms with van der Waals surface area (Å²) < 4.78 is 65.2. The van der Waals surface area contributed by atoms with Gasteiger partial charge in [0, 0.05) is 13.1 Å². The van der Waals surface area contributed by atoms with Crippen molar-refractivity contribution in [1.29, 1.82) is 0 Å². The average Bonchev–Trinajstić information content (AvgIpc) is 2.78. The van der Waals surface area contributed by atoms with Crippen molar-refractivity contribution in [2.75, 3.05) is 23.7 Å². The molecule has 2 rings (SSSR count). The van der Waals surface area contributed by atoms with Crippen LogP contribution in [0.15, 0.2) is 48.5 Å². The van der Waals surface area contributed by atoms with E-state index in [1.54, 1.807) is 12.1 Å². The molecular formula is C24H30F3N3O4S. The Kier molecular flexibility index (Phi) is 9.31. The molecule has 1 atom stereocenters. The lowest BCUT2D eigenvalue weighted by molar-refractivity contribution is -0.139. The van der Waals surface area contributed by atoms with Gasteiger partial charge in [-0.1, -0.05) is 42.8 Å². The predicted molar refractivity (Wildman–Crippen MR) is 128 cm³/mol. The first kappa shape index (κ1) is 28.2. The summed E-state index contributed by atoms with van der Waals surface area (Å²) in [6, 6.07) is 10.1. The number of aryl methyl sites for hydroxylation is 1. The number of alkyl halides is 3. The number of nitrogens with one attached hydrogen (secondary N) is 1. The quantitative estimate of drug-likeness (QED) is 0.525. The second-order valence-electron chi connectivity index (χ2n) is 8.29. The van der Waals surface area contributed by atoms with Gasteiger partial charge in [-0.2, -0.15) is 13.2 Å². The average molecular weight is 514 g/mol. The van der Waals surface area contributed by atoms with Gasteiger partial charge in [0.2, 0.25) is 21.8 Å². The minimum absolute atomic E-state index is 0.0139. The van der Waals surface area contributed by atoms with E-state index in [0.29, 0.717) is 28.9 Å². The number of sulfonamides is 1. The van der Waals surface area contributed by atoms with Crippen LogP contribution in [0, 0.1) is 6.92 Å². The van der Waals surface area contributed by atoms with Crippen LogP contribution in [0.4, 0.5) is 18.9 Å². The fourth-order valence-corrected chi connectivity index (χ4v) is 4.16. The Morgan fingerprint density at radius 3 is 2.26 bits per heavy atom. The van der Waals surface area contributed by atoms with Crippen LogP contribution in [0.3, 0.4) is 0 Å². The molecule has 0 fully saturated rings. The first-order chi connectivity index (χ1) is 16.2. The molecule has 0 aliphatic rings. The molecule has 0 spiro atoms. The Balaban J connectivity index is 2.41. The van der Waals surface area contributed by atoms with Gasteiger partial charge in [0.05, 0.1) is 17.5 Å². The molecule has 1 unspecified atom stereocenters. The Labute approximate surface area is 204 Å². The van der Waals surface area contributed by atoms with Crippen molar-refractivity contribution in [2.24, 2.45) is 0 Å². The van der Waals surface area contributed by atoms with E-state index in [1.807, 2.05) is 26.0 Å². The third kappa shape index (κ3) is 7.98. The molecule has 0 saturated carbocycles. The van der Waals surface area contributed by atoms with E-state index < -0.39 is 46.2 Å². The number of carbonyl (C=O) groups excluding carboxylic acids is 2. The topological polar surface area (TPSA) is 86.8 Å². The van der Waals surface area contributed by atoms with Crippen LogP contribution < -0.4 is 9.62 Å². The highest BCUT2D eigenvalue weighted by atomic mass is 32.2. The molecule has 0 aliphatic carbocycles. The summed E-state index contributed by atoms with van der Waals surface area (Å²) in [6.07, 6.45) is -3.20. The highest BCUT2D eigenvalue weighted by Gasteiger charge is 2.33. The van der Waals surface area contributed by atoms with Gasteiger partial charge in [0.1, 0.15) is 12.6 Å². The number of benzene rings is 2. The van der Waals surface area contributed by atoms with Gasteiger partial charge in [-0.25, -0.2) is 8.42 Å². The lowest BCUT2D eigenvalue weighted by Gasteiger charge is -2.31. The highest BCUT2D eigenvalue weighted by Crippen LogP contribution is 2.32. The van der Waals surface area contributed by atoms with E-state index in [2.05, 4.69) is 5.32 Å². The zero-order valence-corrected chi connectivity index (χ0v) is 20.9. The van der Waals surface area contributed by atoms with E-state index in [1.165, 1.54) is 17.9 Å². The van der Waals surface area contributed by atoms with Crippen molar-refractivity contribution in [3.63, 3.8) is 0 Å². The van der Waals surface area contributed by atoms with Crippen LogP contribution in [0.25, 0.3) is 0 Å². The number of nitrogens with zero attached hydrogens (tertiary/aromatic N) is 2. The molecule has 35 heavy (non-hydrogen) atoms. The third-order valence-electron chi connectivity index (χ3n) is 5.33. The number of amides is 2. The number of anilines is 1. The van der Waals surface area contributed by atoms with E-state index in [-0.39, 0.29) is 12.2 Å². The first-order valence-electron chi connectivity index (χ1n) is 11.0. The Morgan fingerprint density at radius 2 is 1.71 bits per heavy atom. The fourth-order valence-electron chi connectivity index (χ4n) is 3.32. The minimum atomic E-state index is -4.69. The summed E-state index contributed by atoms with van der Waals surface area (Å²) in [7, 11) is -4.13. The van der Waals surface area contributed by atoms with Gasteiger partial charge in [-0.3, -0.25) is 13.9 Å². The summed E-state index contributed by atoms with van der Waals surface area (Å²) >= 11 is 0. The van der Waals surface area contributed by atoms with Crippen LogP contribution in [0.5, 0.6) is 0 Å². The van der Waals surface area contributed by atoms with Crippen molar-refractivity contribution in [3.8, 4) is 0 Å². The predicted octanol–water partition coefficient (Wildman–Crippen LogP) is 3.72. The Bertz CT molecular complexity index is 1140.